The molecule has 2 amide bonds. The van der Waals surface area contributed by atoms with Crippen LogP contribution in [0.3, 0.4) is 0 Å². The van der Waals surface area contributed by atoms with E-state index in [2.05, 4.69) is 10.3 Å². The number of amides is 2. The van der Waals surface area contributed by atoms with Crippen molar-refractivity contribution < 1.29 is 14.3 Å². The molecule has 0 atom stereocenters. The van der Waals surface area contributed by atoms with Crippen molar-refractivity contribution in [3.05, 3.63) is 35.3 Å². The van der Waals surface area contributed by atoms with Gasteiger partial charge in [-0.25, -0.2) is 4.98 Å². The second-order valence-electron chi connectivity index (χ2n) is 6.01. The van der Waals surface area contributed by atoms with Crippen molar-refractivity contribution in [3.63, 3.8) is 0 Å². The quantitative estimate of drug-likeness (QED) is 0.883. The third-order valence-electron chi connectivity index (χ3n) is 4.38. The number of rotatable bonds is 5. The van der Waals surface area contributed by atoms with Gasteiger partial charge in [0.15, 0.2) is 5.13 Å². The molecule has 0 unspecified atom stereocenters. The number of hydrogen-bond acceptors (Lipinski definition) is 5. The topological polar surface area (TPSA) is 71.5 Å². The van der Waals surface area contributed by atoms with Crippen molar-refractivity contribution in [1.82, 2.24) is 4.98 Å². The molecule has 1 N–H and O–H groups in total. The van der Waals surface area contributed by atoms with Crippen molar-refractivity contribution in [2.45, 2.75) is 38.6 Å². The lowest BCUT2D eigenvalue weighted by Gasteiger charge is -2.29. The van der Waals surface area contributed by atoms with Crippen LogP contribution in [0, 0.1) is 0 Å². The average Bonchev–Trinajstić information content (AvgIpc) is 3.29. The highest BCUT2D eigenvalue weighted by Gasteiger charge is 2.28. The zero-order chi connectivity index (χ0) is 17.8. The molecule has 1 heterocycles. The Hall–Kier alpha value is -2.41. The van der Waals surface area contributed by atoms with Crippen LogP contribution in [-0.4, -0.2) is 29.9 Å². The van der Waals surface area contributed by atoms with Gasteiger partial charge in [-0.15, -0.1) is 11.3 Å². The van der Waals surface area contributed by atoms with E-state index in [4.69, 9.17) is 4.74 Å². The summed E-state index contributed by atoms with van der Waals surface area (Å²) < 4.78 is 5.48. The maximum absolute atomic E-state index is 12.4. The van der Waals surface area contributed by atoms with E-state index in [-0.39, 0.29) is 17.9 Å². The molecule has 0 radical (unpaired) electrons. The lowest BCUT2D eigenvalue weighted by molar-refractivity contribution is -0.117. The van der Waals surface area contributed by atoms with Crippen LogP contribution in [0.5, 0.6) is 5.75 Å². The van der Waals surface area contributed by atoms with Gasteiger partial charge >= 0.3 is 0 Å². The Morgan fingerprint density at radius 1 is 1.32 bits per heavy atom. The van der Waals surface area contributed by atoms with Crippen LogP contribution in [0.2, 0.25) is 0 Å². The number of hydrogen-bond donors (Lipinski definition) is 1. The summed E-state index contributed by atoms with van der Waals surface area (Å²) in [5, 5.41) is 5.09. The van der Waals surface area contributed by atoms with E-state index in [0.717, 1.165) is 25.7 Å². The van der Waals surface area contributed by atoms with Crippen LogP contribution < -0.4 is 15.0 Å². The van der Waals surface area contributed by atoms with Gasteiger partial charge in [-0.05, 0) is 31.0 Å². The second-order valence-corrected chi connectivity index (χ2v) is 6.90. The molecule has 2 aromatic rings. The maximum atomic E-state index is 12.4. The van der Waals surface area contributed by atoms with E-state index in [1.54, 1.807) is 48.7 Å². The van der Waals surface area contributed by atoms with Gasteiger partial charge in [0.05, 0.1) is 12.8 Å². The predicted octanol–water partition coefficient (Wildman–Crippen LogP) is 3.70. The first-order chi connectivity index (χ1) is 12.1. The number of benzene rings is 1. The number of thiazole rings is 1. The number of anilines is 2. The molecular weight excluding hydrogens is 338 g/mol. The normalized spacial score (nSPS) is 14.3. The molecule has 132 valence electrons. The first kappa shape index (κ1) is 17.4. The SMILES string of the molecule is COc1cc(C(=O)Nc2nccs2)ccc1N(C(C)=O)C1CCCC1. The summed E-state index contributed by atoms with van der Waals surface area (Å²) in [6.45, 7) is 1.57. The van der Waals surface area contributed by atoms with Crippen LogP contribution in [0.25, 0.3) is 0 Å². The van der Waals surface area contributed by atoms with Crippen molar-refractivity contribution in [3.8, 4) is 5.75 Å². The molecule has 0 aliphatic heterocycles. The minimum atomic E-state index is -0.255. The van der Waals surface area contributed by atoms with Gasteiger partial charge in [0.1, 0.15) is 5.75 Å². The summed E-state index contributed by atoms with van der Waals surface area (Å²) in [4.78, 5) is 30.4. The third kappa shape index (κ3) is 3.82. The molecular formula is C18H21N3O3S. The smallest absolute Gasteiger partial charge is 0.257 e. The molecule has 0 bridgehead atoms. The molecule has 1 aliphatic rings. The average molecular weight is 359 g/mol. The van der Waals surface area contributed by atoms with Gasteiger partial charge in [0, 0.05) is 30.1 Å². The molecule has 0 spiro atoms. The van der Waals surface area contributed by atoms with Gasteiger partial charge in [0.25, 0.3) is 5.91 Å². The Labute approximate surface area is 150 Å². The third-order valence-corrected chi connectivity index (χ3v) is 5.07. The maximum Gasteiger partial charge on any atom is 0.257 e. The summed E-state index contributed by atoms with van der Waals surface area (Å²) in [7, 11) is 1.55. The summed E-state index contributed by atoms with van der Waals surface area (Å²) in [5.41, 5.74) is 1.18. The van der Waals surface area contributed by atoms with Crippen molar-refractivity contribution >= 4 is 34.0 Å². The highest BCUT2D eigenvalue weighted by molar-refractivity contribution is 7.13. The molecule has 25 heavy (non-hydrogen) atoms. The first-order valence-corrected chi connectivity index (χ1v) is 9.17. The molecule has 1 aromatic carbocycles. The van der Waals surface area contributed by atoms with E-state index in [0.29, 0.717) is 22.1 Å². The Bertz CT molecular complexity index is 755. The fraction of sp³-hybridized carbons (Fsp3) is 0.389. The minimum absolute atomic E-state index is 0.00909. The lowest BCUT2D eigenvalue weighted by atomic mass is 10.1. The largest absolute Gasteiger partial charge is 0.495 e. The second kappa shape index (κ2) is 7.65. The molecule has 6 nitrogen and oxygen atoms in total. The summed E-state index contributed by atoms with van der Waals surface area (Å²) in [6.07, 6.45) is 5.89. The van der Waals surface area contributed by atoms with Crippen molar-refractivity contribution in [1.29, 1.82) is 0 Å². The Morgan fingerprint density at radius 2 is 2.08 bits per heavy atom. The molecule has 1 aliphatic carbocycles. The van der Waals surface area contributed by atoms with Crippen molar-refractivity contribution in [2.24, 2.45) is 0 Å². The first-order valence-electron chi connectivity index (χ1n) is 8.29. The van der Waals surface area contributed by atoms with Crippen LogP contribution in [0.15, 0.2) is 29.8 Å². The lowest BCUT2D eigenvalue weighted by Crippen LogP contribution is -2.37. The zero-order valence-corrected chi connectivity index (χ0v) is 15.1. The number of ether oxygens (including phenoxy) is 1. The van der Waals surface area contributed by atoms with E-state index in [1.165, 1.54) is 11.3 Å². The number of carbonyl (C=O) groups excluding carboxylic acids is 2. The Kier molecular flexibility index (Phi) is 5.33. The molecule has 1 fully saturated rings. The number of methoxy groups -OCH3 is 1. The number of nitrogens with zero attached hydrogens (tertiary/aromatic N) is 2. The zero-order valence-electron chi connectivity index (χ0n) is 14.3. The van der Waals surface area contributed by atoms with Gasteiger partial charge < -0.3 is 9.64 Å². The van der Waals surface area contributed by atoms with Gasteiger partial charge in [-0.3, -0.25) is 14.9 Å². The van der Waals surface area contributed by atoms with E-state index in [9.17, 15) is 9.59 Å². The summed E-state index contributed by atoms with van der Waals surface area (Å²) in [6, 6.07) is 5.37. The Morgan fingerprint density at radius 3 is 2.68 bits per heavy atom. The standard InChI is InChI=1S/C18H21N3O3S/c1-12(22)21(14-5-3-4-6-14)15-8-7-13(11-16(15)24-2)17(23)20-18-19-9-10-25-18/h7-11,14H,3-6H2,1-2H3,(H,19,20,23). The minimum Gasteiger partial charge on any atom is -0.495 e. The van der Waals surface area contributed by atoms with Gasteiger partial charge in [-0.1, -0.05) is 12.8 Å². The fourth-order valence-corrected chi connectivity index (χ4v) is 3.78. The number of aromatic nitrogens is 1. The molecule has 1 aromatic heterocycles. The van der Waals surface area contributed by atoms with E-state index < -0.39 is 0 Å². The van der Waals surface area contributed by atoms with Crippen LogP contribution in [0.1, 0.15) is 43.0 Å². The summed E-state index contributed by atoms with van der Waals surface area (Å²) >= 11 is 1.36. The van der Waals surface area contributed by atoms with Crippen LogP contribution in [-0.2, 0) is 4.79 Å². The Balaban J connectivity index is 1.88. The van der Waals surface area contributed by atoms with E-state index >= 15 is 0 Å². The molecule has 0 saturated heterocycles. The van der Waals surface area contributed by atoms with Crippen LogP contribution >= 0.6 is 11.3 Å². The highest BCUT2D eigenvalue weighted by atomic mass is 32.1. The molecule has 7 heteroatoms. The van der Waals surface area contributed by atoms with Gasteiger partial charge in [-0.2, -0.15) is 0 Å². The fourth-order valence-electron chi connectivity index (χ4n) is 3.26. The summed E-state index contributed by atoms with van der Waals surface area (Å²) in [5.74, 6) is 0.258. The number of carbonyl (C=O) groups is 2. The highest BCUT2D eigenvalue weighted by Crippen LogP contribution is 2.35. The number of nitrogens with one attached hydrogen (secondary N) is 1. The molecule has 1 saturated carbocycles. The molecule has 3 rings (SSSR count). The van der Waals surface area contributed by atoms with E-state index in [1.807, 2.05) is 0 Å². The van der Waals surface area contributed by atoms with Crippen molar-refractivity contribution in [2.75, 3.05) is 17.3 Å². The predicted molar refractivity (Wildman–Crippen MR) is 98.5 cm³/mol. The monoisotopic (exact) mass is 359 g/mol. The van der Waals surface area contributed by atoms with Gasteiger partial charge in [0.2, 0.25) is 5.91 Å². The van der Waals surface area contributed by atoms with Crippen LogP contribution in [0.4, 0.5) is 10.8 Å².